The molecule has 28 heavy (non-hydrogen) atoms. The van der Waals surface area contributed by atoms with Crippen molar-refractivity contribution in [3.63, 3.8) is 0 Å². The number of halogens is 2. The molecule has 0 spiro atoms. The lowest BCUT2D eigenvalue weighted by Gasteiger charge is -2.33. The molecule has 3 amide bonds. The van der Waals surface area contributed by atoms with E-state index in [9.17, 15) is 18.8 Å². The minimum atomic E-state index is -0.876. The summed E-state index contributed by atoms with van der Waals surface area (Å²) in [4.78, 5) is 41.4. The highest BCUT2D eigenvalue weighted by atomic mass is 127. The van der Waals surface area contributed by atoms with E-state index < -0.39 is 17.8 Å². The summed E-state index contributed by atoms with van der Waals surface area (Å²) in [6, 6.07) is 11.2. The van der Waals surface area contributed by atoms with Gasteiger partial charge in [-0.1, -0.05) is 6.92 Å². The fourth-order valence-corrected chi connectivity index (χ4v) is 3.64. The van der Waals surface area contributed by atoms with Gasteiger partial charge in [-0.2, -0.15) is 0 Å². The Morgan fingerprint density at radius 2 is 1.79 bits per heavy atom. The minimum Gasteiger partial charge on any atom is -0.323 e. The van der Waals surface area contributed by atoms with Crippen molar-refractivity contribution in [2.45, 2.75) is 38.8 Å². The molecule has 0 saturated carbocycles. The molecule has 2 aromatic carbocycles. The average Bonchev–Trinajstić information content (AvgIpc) is 2.97. The van der Waals surface area contributed by atoms with Gasteiger partial charge in [-0.3, -0.25) is 14.4 Å². The second kappa shape index (κ2) is 8.38. The Labute approximate surface area is 176 Å². The number of nitrogens with zero attached hydrogens (tertiary/aromatic N) is 2. The normalized spacial score (nSPS) is 17.7. The molecule has 7 heteroatoms. The number of anilines is 1. The minimum absolute atomic E-state index is 0.0674. The predicted octanol–water partition coefficient (Wildman–Crippen LogP) is 4.00. The first kappa shape index (κ1) is 20.4. The Morgan fingerprint density at radius 3 is 2.36 bits per heavy atom. The molecule has 0 aromatic heterocycles. The van der Waals surface area contributed by atoms with Crippen LogP contribution in [0.15, 0.2) is 48.5 Å². The van der Waals surface area contributed by atoms with Gasteiger partial charge in [0.2, 0.25) is 5.91 Å². The lowest BCUT2D eigenvalue weighted by Crippen LogP contribution is -2.49. The average molecular weight is 494 g/mol. The van der Waals surface area contributed by atoms with E-state index in [0.717, 1.165) is 8.47 Å². The van der Waals surface area contributed by atoms with E-state index >= 15 is 0 Å². The quantitative estimate of drug-likeness (QED) is 0.467. The van der Waals surface area contributed by atoms with Crippen molar-refractivity contribution in [2.24, 2.45) is 0 Å². The Bertz CT molecular complexity index is 899. The Balaban J connectivity index is 1.93. The number of carbonyl (C=O) groups excluding carboxylic acids is 3. The lowest BCUT2D eigenvalue weighted by molar-refractivity contribution is -0.122. The van der Waals surface area contributed by atoms with Crippen LogP contribution in [-0.4, -0.2) is 34.7 Å². The van der Waals surface area contributed by atoms with Crippen LogP contribution in [0.2, 0.25) is 0 Å². The zero-order valence-corrected chi connectivity index (χ0v) is 17.7. The molecule has 5 nitrogen and oxygen atoms in total. The summed E-state index contributed by atoms with van der Waals surface area (Å²) in [5, 5.41) is 0. The summed E-state index contributed by atoms with van der Waals surface area (Å²) in [6.07, 6.45) is 0.552. The van der Waals surface area contributed by atoms with Gasteiger partial charge in [0.25, 0.3) is 11.8 Å². The number of hydrogen-bond acceptors (Lipinski definition) is 3. The first-order valence-electron chi connectivity index (χ1n) is 9.04. The monoisotopic (exact) mass is 494 g/mol. The fraction of sp³-hybridized carbons (Fsp3) is 0.286. The maximum atomic E-state index is 13.2. The van der Waals surface area contributed by atoms with Crippen LogP contribution in [0.4, 0.5) is 10.1 Å². The number of amides is 3. The summed E-state index contributed by atoms with van der Waals surface area (Å²) in [5.74, 6) is -1.58. The molecular weight excluding hydrogens is 474 g/mol. The topological polar surface area (TPSA) is 57.7 Å². The van der Waals surface area contributed by atoms with Crippen molar-refractivity contribution < 1.29 is 18.8 Å². The molecule has 0 N–H and O–H groups in total. The summed E-state index contributed by atoms with van der Waals surface area (Å²) >= 11 is 2.15. The van der Waals surface area contributed by atoms with Gasteiger partial charge in [0, 0.05) is 15.2 Å². The SMILES string of the molecule is CCC(C)N(C(=O)c1ccc(F)cc1)C1CC(=O)N(c2ccc(I)cc2)C1=O. The van der Waals surface area contributed by atoms with Gasteiger partial charge in [0.15, 0.2) is 0 Å². The number of imide groups is 1. The molecule has 1 aliphatic heterocycles. The van der Waals surface area contributed by atoms with Gasteiger partial charge in [0.05, 0.1) is 12.1 Å². The first-order chi connectivity index (χ1) is 13.3. The second-order valence-corrected chi connectivity index (χ2v) is 7.99. The molecule has 0 bridgehead atoms. The van der Waals surface area contributed by atoms with Gasteiger partial charge in [-0.05, 0) is 84.5 Å². The lowest BCUT2D eigenvalue weighted by atomic mass is 10.1. The van der Waals surface area contributed by atoms with Crippen LogP contribution in [0.1, 0.15) is 37.0 Å². The van der Waals surface area contributed by atoms with Gasteiger partial charge in [-0.25, -0.2) is 9.29 Å². The second-order valence-electron chi connectivity index (χ2n) is 6.74. The van der Waals surface area contributed by atoms with Gasteiger partial charge < -0.3 is 4.90 Å². The molecule has 1 saturated heterocycles. The van der Waals surface area contributed by atoms with E-state index in [1.165, 1.54) is 29.2 Å². The van der Waals surface area contributed by atoms with E-state index in [0.29, 0.717) is 12.1 Å². The Kier molecular flexibility index (Phi) is 6.12. The van der Waals surface area contributed by atoms with Gasteiger partial charge >= 0.3 is 0 Å². The highest BCUT2D eigenvalue weighted by molar-refractivity contribution is 14.1. The van der Waals surface area contributed by atoms with E-state index in [2.05, 4.69) is 22.6 Å². The number of benzene rings is 2. The van der Waals surface area contributed by atoms with Crippen LogP contribution in [-0.2, 0) is 9.59 Å². The highest BCUT2D eigenvalue weighted by Gasteiger charge is 2.45. The number of carbonyl (C=O) groups is 3. The molecule has 2 aromatic rings. The third kappa shape index (κ3) is 3.94. The summed E-state index contributed by atoms with van der Waals surface area (Å²) in [5.41, 5.74) is 0.783. The van der Waals surface area contributed by atoms with Crippen LogP contribution in [0.25, 0.3) is 0 Å². The van der Waals surface area contributed by atoms with Crippen molar-refractivity contribution >= 4 is 46.0 Å². The zero-order chi connectivity index (χ0) is 20.4. The maximum absolute atomic E-state index is 13.2. The number of hydrogen-bond donors (Lipinski definition) is 0. The standard InChI is InChI=1S/C21H20FIN2O3/c1-3-13(2)24(20(27)14-4-6-15(22)7-5-14)18-12-19(26)25(21(18)28)17-10-8-16(23)9-11-17/h4-11,13,18H,3,12H2,1-2H3. The van der Waals surface area contributed by atoms with Gasteiger partial charge in [-0.15, -0.1) is 0 Å². The summed E-state index contributed by atoms with van der Waals surface area (Å²) in [7, 11) is 0. The van der Waals surface area contributed by atoms with E-state index in [1.807, 2.05) is 26.0 Å². The molecule has 2 atom stereocenters. The van der Waals surface area contributed by atoms with Crippen LogP contribution < -0.4 is 4.90 Å². The molecule has 3 rings (SSSR count). The molecule has 146 valence electrons. The largest absolute Gasteiger partial charge is 0.323 e. The van der Waals surface area contributed by atoms with E-state index in [1.54, 1.807) is 12.1 Å². The summed E-state index contributed by atoms with van der Waals surface area (Å²) in [6.45, 7) is 3.75. The van der Waals surface area contributed by atoms with Crippen molar-refractivity contribution in [3.8, 4) is 0 Å². The molecule has 1 fully saturated rings. The third-order valence-corrected chi connectivity index (χ3v) is 5.65. The molecular formula is C21H20FIN2O3. The van der Waals surface area contributed by atoms with Crippen LogP contribution in [0.5, 0.6) is 0 Å². The highest BCUT2D eigenvalue weighted by Crippen LogP contribution is 2.29. The Hall–Kier alpha value is -2.29. The van der Waals surface area contributed by atoms with Crippen molar-refractivity contribution in [1.29, 1.82) is 0 Å². The van der Waals surface area contributed by atoms with E-state index in [4.69, 9.17) is 0 Å². The van der Waals surface area contributed by atoms with Crippen molar-refractivity contribution in [3.05, 3.63) is 63.5 Å². The van der Waals surface area contributed by atoms with E-state index in [-0.39, 0.29) is 29.8 Å². The maximum Gasteiger partial charge on any atom is 0.257 e. The Morgan fingerprint density at radius 1 is 1.18 bits per heavy atom. The smallest absolute Gasteiger partial charge is 0.257 e. The molecule has 0 radical (unpaired) electrons. The van der Waals surface area contributed by atoms with Crippen LogP contribution in [0, 0.1) is 9.39 Å². The molecule has 1 heterocycles. The molecule has 1 aliphatic rings. The summed E-state index contributed by atoms with van der Waals surface area (Å²) < 4.78 is 14.2. The molecule has 0 aliphatic carbocycles. The van der Waals surface area contributed by atoms with Crippen molar-refractivity contribution in [1.82, 2.24) is 4.90 Å². The molecule has 2 unspecified atom stereocenters. The van der Waals surface area contributed by atoms with Crippen LogP contribution in [0.3, 0.4) is 0 Å². The first-order valence-corrected chi connectivity index (χ1v) is 10.1. The van der Waals surface area contributed by atoms with Gasteiger partial charge in [0.1, 0.15) is 11.9 Å². The predicted molar refractivity (Wildman–Crippen MR) is 112 cm³/mol. The van der Waals surface area contributed by atoms with Crippen molar-refractivity contribution in [2.75, 3.05) is 4.90 Å². The van der Waals surface area contributed by atoms with Crippen LogP contribution >= 0.6 is 22.6 Å². The third-order valence-electron chi connectivity index (χ3n) is 4.93. The zero-order valence-electron chi connectivity index (χ0n) is 15.6. The number of rotatable bonds is 5. The fourth-order valence-electron chi connectivity index (χ4n) is 3.28.